The van der Waals surface area contributed by atoms with Crippen molar-refractivity contribution in [2.24, 2.45) is 0 Å². The van der Waals surface area contributed by atoms with E-state index in [0.717, 1.165) is 65.6 Å². The quantitative estimate of drug-likeness (QED) is 0.760. The highest BCUT2D eigenvalue weighted by atomic mass is 16.5. The summed E-state index contributed by atoms with van der Waals surface area (Å²) in [6, 6.07) is 0.145. The molecule has 0 aliphatic carbocycles. The average molecular weight is 339 g/mol. The first-order valence-electron chi connectivity index (χ1n) is 8.86. The Kier molecular flexibility index (Phi) is 6.18. The molecule has 1 N–H and O–H groups in total. The molecule has 0 unspecified atom stereocenters. The second-order valence-corrected chi connectivity index (χ2v) is 6.76. The Balaban J connectivity index is 1.39. The van der Waals surface area contributed by atoms with Crippen molar-refractivity contribution in [3.63, 3.8) is 0 Å². The number of nitrogens with zero attached hydrogens (tertiary/aromatic N) is 5. The summed E-state index contributed by atoms with van der Waals surface area (Å²) >= 11 is 0. The van der Waals surface area contributed by atoms with E-state index < -0.39 is 0 Å². The zero-order valence-corrected chi connectivity index (χ0v) is 14.7. The molecule has 1 aromatic rings. The summed E-state index contributed by atoms with van der Waals surface area (Å²) in [5.41, 5.74) is 0. The third kappa shape index (κ3) is 4.73. The van der Waals surface area contributed by atoms with Crippen LogP contribution in [0.3, 0.4) is 0 Å². The summed E-state index contributed by atoms with van der Waals surface area (Å²) in [5, 5.41) is 14.2. The number of hydrogen-bond acceptors (Lipinski definition) is 8. The van der Waals surface area contributed by atoms with Gasteiger partial charge in [-0.05, 0) is 13.8 Å². The molecule has 2 atom stereocenters. The molecule has 2 saturated heterocycles. The van der Waals surface area contributed by atoms with E-state index in [0.29, 0.717) is 11.7 Å². The minimum absolute atomic E-state index is 0.145. The highest BCUT2D eigenvalue weighted by Crippen LogP contribution is 2.20. The Labute approximate surface area is 143 Å². The van der Waals surface area contributed by atoms with Crippen molar-refractivity contribution >= 4 is 0 Å². The molecular weight excluding hydrogens is 310 g/mol. The van der Waals surface area contributed by atoms with Gasteiger partial charge in [0.1, 0.15) is 0 Å². The highest BCUT2D eigenvalue weighted by Gasteiger charge is 2.26. The van der Waals surface area contributed by atoms with E-state index in [1.54, 1.807) is 0 Å². The maximum absolute atomic E-state index is 10.3. The van der Waals surface area contributed by atoms with Crippen LogP contribution >= 0.6 is 0 Å². The van der Waals surface area contributed by atoms with E-state index in [9.17, 15) is 5.11 Å². The largest absolute Gasteiger partial charge is 0.390 e. The molecule has 0 bridgehead atoms. The Hall–Kier alpha value is -1.06. The van der Waals surface area contributed by atoms with E-state index in [2.05, 4.69) is 31.8 Å². The lowest BCUT2D eigenvalue weighted by Crippen LogP contribution is -2.51. The van der Waals surface area contributed by atoms with Gasteiger partial charge in [-0.3, -0.25) is 14.7 Å². The number of aryl methyl sites for hydroxylation is 1. The summed E-state index contributed by atoms with van der Waals surface area (Å²) in [6.07, 6.45) is -0.300. The summed E-state index contributed by atoms with van der Waals surface area (Å²) in [4.78, 5) is 11.3. The monoisotopic (exact) mass is 339 g/mol. The van der Waals surface area contributed by atoms with Gasteiger partial charge < -0.3 is 14.4 Å². The molecule has 8 nitrogen and oxygen atoms in total. The van der Waals surface area contributed by atoms with E-state index >= 15 is 0 Å². The number of morpholine rings is 1. The van der Waals surface area contributed by atoms with E-state index in [1.165, 1.54) is 0 Å². The smallest absolute Gasteiger partial charge is 0.243 e. The molecule has 3 rings (SSSR count). The minimum atomic E-state index is -0.300. The molecule has 1 aromatic heterocycles. The Bertz CT molecular complexity index is 498. The molecule has 2 fully saturated rings. The van der Waals surface area contributed by atoms with Crippen molar-refractivity contribution in [3.8, 4) is 0 Å². The summed E-state index contributed by atoms with van der Waals surface area (Å²) in [6.45, 7) is 12.6. The predicted octanol–water partition coefficient (Wildman–Crippen LogP) is -0.250. The second kappa shape index (κ2) is 8.35. The Morgan fingerprint density at radius 1 is 1.04 bits per heavy atom. The van der Waals surface area contributed by atoms with Crippen molar-refractivity contribution in [1.29, 1.82) is 0 Å². The van der Waals surface area contributed by atoms with Crippen LogP contribution in [0, 0.1) is 6.92 Å². The number of aliphatic hydroxyl groups is 1. The van der Waals surface area contributed by atoms with Crippen molar-refractivity contribution in [1.82, 2.24) is 24.8 Å². The van der Waals surface area contributed by atoms with Crippen LogP contribution in [0.4, 0.5) is 0 Å². The normalized spacial score (nSPS) is 24.1. The van der Waals surface area contributed by atoms with Gasteiger partial charge in [0.2, 0.25) is 5.89 Å². The number of β-amino-alcohol motifs (C(OH)–C–C–N with tert-alkyl or cyclic N) is 1. The predicted molar refractivity (Wildman–Crippen MR) is 88.7 cm³/mol. The van der Waals surface area contributed by atoms with Gasteiger partial charge in [-0.25, -0.2) is 0 Å². The SMILES string of the molecule is Cc1noc([C@H](C)N2CCN(C[C@H](O)CN3CCOCC3)CC2)n1. The number of hydrogen-bond donors (Lipinski definition) is 1. The first-order valence-corrected chi connectivity index (χ1v) is 8.86. The topological polar surface area (TPSA) is 78.1 Å². The molecule has 0 saturated carbocycles. The molecule has 0 spiro atoms. The Morgan fingerprint density at radius 2 is 1.67 bits per heavy atom. The standard InChI is InChI=1S/C16H29N5O3/c1-13(16-17-14(2)18-24-16)21-5-3-19(4-6-21)11-15(22)12-20-7-9-23-10-8-20/h13,15,22H,3-12H2,1-2H3/t13-,15-/m0/s1. The van der Waals surface area contributed by atoms with Gasteiger partial charge in [0.25, 0.3) is 0 Å². The minimum Gasteiger partial charge on any atom is -0.390 e. The maximum atomic E-state index is 10.3. The van der Waals surface area contributed by atoms with Crippen LogP contribution in [0.1, 0.15) is 24.7 Å². The molecular formula is C16H29N5O3. The van der Waals surface area contributed by atoms with Gasteiger partial charge in [0.05, 0.1) is 25.4 Å². The van der Waals surface area contributed by atoms with Gasteiger partial charge in [0.15, 0.2) is 5.82 Å². The van der Waals surface area contributed by atoms with Crippen molar-refractivity contribution in [2.75, 3.05) is 65.6 Å². The molecule has 3 heterocycles. The summed E-state index contributed by atoms with van der Waals surface area (Å²) < 4.78 is 10.6. The lowest BCUT2D eigenvalue weighted by molar-refractivity contribution is 0.0000253. The number of ether oxygens (including phenoxy) is 1. The summed E-state index contributed by atoms with van der Waals surface area (Å²) in [7, 11) is 0. The van der Waals surface area contributed by atoms with Crippen molar-refractivity contribution in [2.45, 2.75) is 26.0 Å². The van der Waals surface area contributed by atoms with Gasteiger partial charge in [-0.15, -0.1) is 0 Å². The third-order valence-electron chi connectivity index (χ3n) is 4.90. The zero-order valence-electron chi connectivity index (χ0n) is 14.7. The van der Waals surface area contributed by atoms with Gasteiger partial charge in [-0.2, -0.15) is 4.98 Å². The van der Waals surface area contributed by atoms with Crippen molar-refractivity contribution in [3.05, 3.63) is 11.7 Å². The molecule has 0 aromatic carbocycles. The first kappa shape index (κ1) is 17.8. The number of aliphatic hydroxyl groups excluding tert-OH is 1. The van der Waals surface area contributed by atoms with Crippen LogP contribution < -0.4 is 0 Å². The van der Waals surface area contributed by atoms with E-state index in [4.69, 9.17) is 9.26 Å². The molecule has 8 heteroatoms. The zero-order chi connectivity index (χ0) is 16.9. The van der Waals surface area contributed by atoms with Crippen LogP contribution in [0.5, 0.6) is 0 Å². The van der Waals surface area contributed by atoms with E-state index in [-0.39, 0.29) is 12.1 Å². The average Bonchev–Trinajstić information content (AvgIpc) is 3.02. The number of aromatic nitrogens is 2. The van der Waals surface area contributed by atoms with Gasteiger partial charge >= 0.3 is 0 Å². The lowest BCUT2D eigenvalue weighted by Gasteiger charge is -2.38. The van der Waals surface area contributed by atoms with Crippen LogP contribution in [0.2, 0.25) is 0 Å². The van der Waals surface area contributed by atoms with Crippen LogP contribution in [-0.4, -0.2) is 102 Å². The molecule has 2 aliphatic rings. The molecule has 2 aliphatic heterocycles. The first-order chi connectivity index (χ1) is 11.6. The van der Waals surface area contributed by atoms with E-state index in [1.807, 2.05) is 6.92 Å². The highest BCUT2D eigenvalue weighted by molar-refractivity contribution is 4.92. The summed E-state index contributed by atoms with van der Waals surface area (Å²) in [5.74, 6) is 1.37. The second-order valence-electron chi connectivity index (χ2n) is 6.76. The van der Waals surface area contributed by atoms with Crippen molar-refractivity contribution < 1.29 is 14.4 Å². The van der Waals surface area contributed by atoms with Crippen LogP contribution in [0.15, 0.2) is 4.52 Å². The lowest BCUT2D eigenvalue weighted by atomic mass is 10.2. The van der Waals surface area contributed by atoms with Crippen LogP contribution in [0.25, 0.3) is 0 Å². The fraction of sp³-hybridized carbons (Fsp3) is 0.875. The molecule has 0 radical (unpaired) electrons. The van der Waals surface area contributed by atoms with Crippen LogP contribution in [-0.2, 0) is 4.74 Å². The molecule has 24 heavy (non-hydrogen) atoms. The molecule has 136 valence electrons. The number of piperazine rings is 1. The fourth-order valence-electron chi connectivity index (χ4n) is 3.41. The fourth-order valence-corrected chi connectivity index (χ4v) is 3.41. The Morgan fingerprint density at radius 3 is 2.25 bits per heavy atom. The third-order valence-corrected chi connectivity index (χ3v) is 4.90. The number of rotatable bonds is 6. The van der Waals surface area contributed by atoms with Gasteiger partial charge in [-0.1, -0.05) is 5.16 Å². The molecule has 0 amide bonds. The maximum Gasteiger partial charge on any atom is 0.243 e. The van der Waals surface area contributed by atoms with Gasteiger partial charge in [0, 0.05) is 52.4 Å².